The maximum Gasteiger partial charge on any atom is 0.413 e. The van der Waals surface area contributed by atoms with Gasteiger partial charge in [-0.1, -0.05) is 0 Å². The van der Waals surface area contributed by atoms with Crippen LogP contribution in [-0.4, -0.2) is 22.6 Å². The van der Waals surface area contributed by atoms with Crippen LogP contribution in [0.15, 0.2) is 12.0 Å². The Balaban J connectivity index is 4.29. The Kier molecular flexibility index (Phi) is 3.65. The standard InChI is InChI=1S/C5H7NO5/c1-2-11-5(8)4(3-7)6(9)10/h3,7H,2H2,1H3/b4-3-. The summed E-state index contributed by atoms with van der Waals surface area (Å²) in [5, 5.41) is 18.1. The monoisotopic (exact) mass is 161 g/mol. The van der Waals surface area contributed by atoms with Crippen molar-refractivity contribution in [2.24, 2.45) is 0 Å². The topological polar surface area (TPSA) is 89.7 Å². The van der Waals surface area contributed by atoms with Crippen molar-refractivity contribution in [2.75, 3.05) is 6.61 Å². The van der Waals surface area contributed by atoms with Crippen LogP contribution in [0.1, 0.15) is 6.92 Å². The number of hydrogen-bond acceptors (Lipinski definition) is 5. The summed E-state index contributed by atoms with van der Waals surface area (Å²) in [6.07, 6.45) is 0.109. The molecule has 0 atom stereocenters. The third kappa shape index (κ3) is 2.65. The highest BCUT2D eigenvalue weighted by atomic mass is 16.6. The molecule has 0 fully saturated rings. The average Bonchev–Trinajstić information content (AvgIpc) is 1.88. The molecule has 1 N–H and O–H groups in total. The molecule has 0 saturated heterocycles. The van der Waals surface area contributed by atoms with E-state index in [1.54, 1.807) is 0 Å². The summed E-state index contributed by atoms with van der Waals surface area (Å²) < 4.78 is 4.25. The lowest BCUT2D eigenvalue weighted by Crippen LogP contribution is -2.14. The molecule has 11 heavy (non-hydrogen) atoms. The number of nitro groups is 1. The van der Waals surface area contributed by atoms with Gasteiger partial charge in [0, 0.05) is 0 Å². The van der Waals surface area contributed by atoms with Gasteiger partial charge in [-0.05, 0) is 6.92 Å². The van der Waals surface area contributed by atoms with Crippen molar-refractivity contribution in [1.29, 1.82) is 0 Å². The quantitative estimate of drug-likeness (QED) is 0.210. The number of ether oxygens (including phenoxy) is 1. The van der Waals surface area contributed by atoms with Gasteiger partial charge < -0.3 is 9.84 Å². The van der Waals surface area contributed by atoms with E-state index in [0.717, 1.165) is 0 Å². The summed E-state index contributed by atoms with van der Waals surface area (Å²) in [4.78, 5) is 19.4. The zero-order valence-corrected chi connectivity index (χ0v) is 5.81. The number of hydrogen-bond donors (Lipinski definition) is 1. The molecule has 0 aliphatic rings. The van der Waals surface area contributed by atoms with Crippen LogP contribution in [0.3, 0.4) is 0 Å². The predicted octanol–water partition coefficient (Wildman–Crippen LogP) is 0.226. The van der Waals surface area contributed by atoms with E-state index in [9.17, 15) is 14.9 Å². The fraction of sp³-hybridized carbons (Fsp3) is 0.400. The van der Waals surface area contributed by atoms with Gasteiger partial charge in [0.2, 0.25) is 0 Å². The van der Waals surface area contributed by atoms with Gasteiger partial charge in [-0.25, -0.2) is 4.79 Å². The van der Waals surface area contributed by atoms with Crippen LogP contribution >= 0.6 is 0 Å². The smallest absolute Gasteiger partial charge is 0.413 e. The molecule has 0 heterocycles. The first-order chi connectivity index (χ1) is 5.13. The molecule has 0 unspecified atom stereocenters. The second kappa shape index (κ2) is 4.26. The maximum atomic E-state index is 10.5. The lowest BCUT2D eigenvalue weighted by molar-refractivity contribution is -0.422. The second-order valence-corrected chi connectivity index (χ2v) is 1.49. The first-order valence-corrected chi connectivity index (χ1v) is 2.79. The Bertz CT molecular complexity index is 197. The molecule has 0 radical (unpaired) electrons. The largest absolute Gasteiger partial charge is 0.508 e. The van der Waals surface area contributed by atoms with Crippen LogP contribution in [0.25, 0.3) is 0 Å². The van der Waals surface area contributed by atoms with Crippen LogP contribution in [0.4, 0.5) is 0 Å². The molecule has 0 aromatic heterocycles. The molecular weight excluding hydrogens is 154 g/mol. The van der Waals surface area contributed by atoms with Gasteiger partial charge in [0.1, 0.15) is 0 Å². The number of aliphatic hydroxyl groups excluding tert-OH is 1. The first-order valence-electron chi connectivity index (χ1n) is 2.79. The highest BCUT2D eigenvalue weighted by molar-refractivity contribution is 5.85. The number of carbonyl (C=O) groups is 1. The van der Waals surface area contributed by atoms with E-state index in [2.05, 4.69) is 4.74 Å². The number of nitrogens with zero attached hydrogens (tertiary/aromatic N) is 1. The highest BCUT2D eigenvalue weighted by Crippen LogP contribution is 1.96. The van der Waals surface area contributed by atoms with Crippen molar-refractivity contribution >= 4 is 5.97 Å². The fourth-order valence-electron chi connectivity index (χ4n) is 0.379. The highest BCUT2D eigenvalue weighted by Gasteiger charge is 2.22. The van der Waals surface area contributed by atoms with Gasteiger partial charge in [0.15, 0.2) is 6.26 Å². The van der Waals surface area contributed by atoms with Gasteiger partial charge in [-0.3, -0.25) is 10.1 Å². The number of esters is 1. The Morgan fingerprint density at radius 2 is 2.36 bits per heavy atom. The Labute approximate surface area is 62.2 Å². The Hall–Kier alpha value is -1.59. The Morgan fingerprint density at radius 3 is 2.64 bits per heavy atom. The van der Waals surface area contributed by atoms with Crippen molar-refractivity contribution in [3.8, 4) is 0 Å². The average molecular weight is 161 g/mol. The normalized spacial score (nSPS) is 10.8. The van der Waals surface area contributed by atoms with E-state index in [1.165, 1.54) is 6.92 Å². The molecule has 0 aromatic carbocycles. The van der Waals surface area contributed by atoms with E-state index in [-0.39, 0.29) is 12.9 Å². The molecule has 0 aliphatic heterocycles. The first kappa shape index (κ1) is 9.41. The van der Waals surface area contributed by atoms with E-state index in [4.69, 9.17) is 5.11 Å². The molecular formula is C5H7NO5. The van der Waals surface area contributed by atoms with E-state index >= 15 is 0 Å². The van der Waals surface area contributed by atoms with Crippen LogP contribution in [0.5, 0.6) is 0 Å². The summed E-state index contributed by atoms with van der Waals surface area (Å²) in [7, 11) is 0. The molecule has 0 aromatic rings. The van der Waals surface area contributed by atoms with Crippen molar-refractivity contribution in [3.63, 3.8) is 0 Å². The Morgan fingerprint density at radius 1 is 1.82 bits per heavy atom. The van der Waals surface area contributed by atoms with Crippen molar-refractivity contribution in [2.45, 2.75) is 6.92 Å². The minimum Gasteiger partial charge on any atom is -0.508 e. The van der Waals surface area contributed by atoms with Crippen LogP contribution in [0, 0.1) is 10.1 Å². The lowest BCUT2D eigenvalue weighted by atomic mass is 10.5. The molecule has 0 spiro atoms. The van der Waals surface area contributed by atoms with Gasteiger partial charge in [-0.15, -0.1) is 0 Å². The predicted molar refractivity (Wildman–Crippen MR) is 34.3 cm³/mol. The van der Waals surface area contributed by atoms with Crippen LogP contribution in [-0.2, 0) is 9.53 Å². The third-order valence-electron chi connectivity index (χ3n) is 0.804. The maximum absolute atomic E-state index is 10.5. The zero-order valence-electron chi connectivity index (χ0n) is 5.81. The van der Waals surface area contributed by atoms with Crippen LogP contribution in [0.2, 0.25) is 0 Å². The van der Waals surface area contributed by atoms with Gasteiger partial charge in [-0.2, -0.15) is 0 Å². The van der Waals surface area contributed by atoms with Gasteiger partial charge in [0.25, 0.3) is 0 Å². The molecule has 0 bridgehead atoms. The van der Waals surface area contributed by atoms with Crippen LogP contribution < -0.4 is 0 Å². The fourth-order valence-corrected chi connectivity index (χ4v) is 0.379. The molecule has 0 amide bonds. The zero-order chi connectivity index (χ0) is 8.85. The van der Waals surface area contributed by atoms with Crippen molar-refractivity contribution in [1.82, 2.24) is 0 Å². The number of rotatable bonds is 3. The second-order valence-electron chi connectivity index (χ2n) is 1.49. The summed E-state index contributed by atoms with van der Waals surface area (Å²) in [5.74, 6) is -1.14. The number of aliphatic hydroxyl groups is 1. The lowest BCUT2D eigenvalue weighted by Gasteiger charge is -1.95. The van der Waals surface area contributed by atoms with Gasteiger partial charge in [0.05, 0.1) is 11.5 Å². The van der Waals surface area contributed by atoms with E-state index in [0.29, 0.717) is 0 Å². The number of carbonyl (C=O) groups excluding carboxylic acids is 1. The summed E-state index contributed by atoms with van der Waals surface area (Å²) in [5.41, 5.74) is -0.966. The minimum absolute atomic E-state index is 0.0318. The van der Waals surface area contributed by atoms with E-state index in [1.807, 2.05) is 0 Å². The van der Waals surface area contributed by atoms with E-state index < -0.39 is 16.6 Å². The SMILES string of the molecule is CCOC(=O)/C(=C/O)[N+](=O)[O-]. The van der Waals surface area contributed by atoms with Crippen molar-refractivity contribution < 1.29 is 19.6 Å². The van der Waals surface area contributed by atoms with Gasteiger partial charge >= 0.3 is 11.7 Å². The molecule has 6 heteroatoms. The summed E-state index contributed by atoms with van der Waals surface area (Å²) in [6, 6.07) is 0. The van der Waals surface area contributed by atoms with Crippen molar-refractivity contribution in [3.05, 3.63) is 22.1 Å². The molecule has 0 saturated carbocycles. The minimum atomic E-state index is -1.14. The molecule has 0 rings (SSSR count). The third-order valence-corrected chi connectivity index (χ3v) is 0.804. The summed E-state index contributed by atoms with van der Waals surface area (Å²) in [6.45, 7) is 1.54. The molecule has 62 valence electrons. The summed E-state index contributed by atoms with van der Waals surface area (Å²) >= 11 is 0. The molecule has 0 aliphatic carbocycles. The molecule has 6 nitrogen and oxygen atoms in total.